The molecule has 5 heteroatoms. The first-order valence-corrected chi connectivity index (χ1v) is 6.43. The van der Waals surface area contributed by atoms with Gasteiger partial charge in [-0.1, -0.05) is 0 Å². The Morgan fingerprint density at radius 3 is 1.00 bits per heavy atom. The minimum Gasteiger partial charge on any atom is 5.00 e. The molecule has 0 radical (unpaired) electrons. The van der Waals surface area contributed by atoms with E-state index in [0.29, 0.717) is 0 Å². The Labute approximate surface area is 105 Å². The Morgan fingerprint density at radius 1 is 0.643 bits per heavy atom. The third kappa shape index (κ3) is 11.1. The molecule has 0 spiro atoms. The molecule has 0 aromatic carbocycles. The minimum atomic E-state index is -1.98. The summed E-state index contributed by atoms with van der Waals surface area (Å²) in [4.78, 5) is 0. The van der Waals surface area contributed by atoms with Crippen LogP contribution in [0.25, 0.3) is 0 Å². The van der Waals surface area contributed by atoms with E-state index < -0.39 is 16.2 Å². The van der Waals surface area contributed by atoms with Crippen LogP contribution < -0.4 is 0 Å². The van der Waals surface area contributed by atoms with Crippen molar-refractivity contribution in [3.8, 4) is 0 Å². The van der Waals surface area contributed by atoms with Gasteiger partial charge in [0.2, 0.25) is 0 Å². The van der Waals surface area contributed by atoms with Gasteiger partial charge in [-0.05, 0) is 0 Å². The van der Waals surface area contributed by atoms with Crippen LogP contribution in [0.15, 0.2) is 0 Å². The van der Waals surface area contributed by atoms with Gasteiger partial charge in [-0.3, -0.25) is 0 Å². The second-order valence-corrected chi connectivity index (χ2v) is 5.37. The van der Waals surface area contributed by atoms with E-state index in [4.69, 9.17) is 11.0 Å². The summed E-state index contributed by atoms with van der Waals surface area (Å²) >= 11 is -1.98. The molecule has 0 heterocycles. The van der Waals surface area contributed by atoms with Gasteiger partial charge in [0.05, 0.1) is 0 Å². The fraction of sp³-hybridized carbons (Fsp3) is 1.00. The number of rotatable bonds is 6. The van der Waals surface area contributed by atoms with Crippen molar-refractivity contribution in [3.05, 3.63) is 0 Å². The summed E-state index contributed by atoms with van der Waals surface area (Å²) in [5, 5.41) is 0. The first-order valence-electron chi connectivity index (χ1n) is 4.72. The second kappa shape index (κ2) is 9.29. The molecule has 0 saturated carbocycles. The minimum absolute atomic E-state index is 0. The Morgan fingerprint density at radius 2 is 0.857 bits per heavy atom. The van der Waals surface area contributed by atoms with Gasteiger partial charge < -0.3 is 0 Å². The van der Waals surface area contributed by atoms with Crippen LogP contribution >= 0.6 is 0 Å². The molecule has 0 saturated heterocycles. The summed E-state index contributed by atoms with van der Waals surface area (Å²) in [6, 6.07) is 0. The third-order valence-electron chi connectivity index (χ3n) is 0.891. The molecule has 3 nitrogen and oxygen atoms in total. The smallest absolute Gasteiger partial charge is 5.00 e. The standard InChI is InChI=1S/3C3H7O.2V/c3*1-3(2)4;;/h3*3H,1-2H3;;/q3*-1;2*+5. The third-order valence-corrected chi connectivity index (χ3v) is 3.67. The van der Waals surface area contributed by atoms with Crippen molar-refractivity contribution < 1.29 is 45.8 Å². The summed E-state index contributed by atoms with van der Waals surface area (Å²) in [7, 11) is 0. The zero-order valence-electron chi connectivity index (χ0n) is 9.85. The van der Waals surface area contributed by atoms with Crippen molar-refractivity contribution in [2.45, 2.75) is 59.9 Å². The molecule has 0 unspecified atom stereocenters. The van der Waals surface area contributed by atoms with Gasteiger partial charge in [0.15, 0.2) is 0 Å². The van der Waals surface area contributed by atoms with Gasteiger partial charge >= 0.3 is 106 Å². The van der Waals surface area contributed by atoms with E-state index in [2.05, 4.69) is 0 Å². The van der Waals surface area contributed by atoms with E-state index in [-0.39, 0.29) is 36.9 Å². The van der Waals surface area contributed by atoms with Gasteiger partial charge in [0, 0.05) is 0 Å². The fourth-order valence-corrected chi connectivity index (χ4v) is 2.44. The molecular formula is C9H21O3V2+7. The molecule has 0 aromatic heterocycles. The molecule has 0 rings (SSSR count). The molecule has 78 valence electrons. The zero-order chi connectivity index (χ0) is 10.4. The Balaban J connectivity index is 0. The van der Waals surface area contributed by atoms with Crippen LogP contribution in [0, 0.1) is 0 Å². The quantitative estimate of drug-likeness (QED) is 0.748. The second-order valence-electron chi connectivity index (χ2n) is 3.69. The van der Waals surface area contributed by atoms with Crippen molar-refractivity contribution in [2.75, 3.05) is 0 Å². The molecule has 0 atom stereocenters. The fourth-order valence-electron chi connectivity index (χ4n) is 0.591. The summed E-state index contributed by atoms with van der Waals surface area (Å²) in [5.41, 5.74) is 0. The predicted molar refractivity (Wildman–Crippen MR) is 48.7 cm³/mol. The topological polar surface area (TPSA) is 27.7 Å². The SMILES string of the molecule is CC(C)[O][V+2]([O]C(C)C)[O]C(C)C.[V+5]. The molecule has 0 fully saturated rings. The van der Waals surface area contributed by atoms with E-state index in [1.807, 2.05) is 41.5 Å². The number of hydrogen-bond acceptors (Lipinski definition) is 3. The molecular weight excluding hydrogens is 258 g/mol. The largest absolute Gasteiger partial charge is 5.00 e. The predicted octanol–water partition coefficient (Wildman–Crippen LogP) is 2.62. The summed E-state index contributed by atoms with van der Waals surface area (Å²) in [6.45, 7) is 12.0. The van der Waals surface area contributed by atoms with Gasteiger partial charge in [-0.15, -0.1) is 0 Å². The molecule has 0 aliphatic rings. The van der Waals surface area contributed by atoms with Gasteiger partial charge in [0.25, 0.3) is 0 Å². The van der Waals surface area contributed by atoms with Crippen molar-refractivity contribution in [3.63, 3.8) is 0 Å². The Hall–Kier alpha value is 1.05. The Kier molecular flexibility index (Phi) is 11.6. The number of hydrogen-bond donors (Lipinski definition) is 0. The van der Waals surface area contributed by atoms with E-state index in [0.717, 1.165) is 0 Å². The van der Waals surface area contributed by atoms with Gasteiger partial charge in [-0.2, -0.15) is 0 Å². The van der Waals surface area contributed by atoms with Crippen LogP contribution in [0.5, 0.6) is 0 Å². The van der Waals surface area contributed by atoms with E-state index >= 15 is 0 Å². The summed E-state index contributed by atoms with van der Waals surface area (Å²) in [6.07, 6.45) is 0.535. The molecule has 0 N–H and O–H groups in total. The maximum absolute atomic E-state index is 5.57. The monoisotopic (exact) mass is 279 g/mol. The normalized spacial score (nSPS) is 10.9. The molecule has 0 amide bonds. The van der Waals surface area contributed by atoms with Crippen LogP contribution in [0.3, 0.4) is 0 Å². The van der Waals surface area contributed by atoms with E-state index in [1.54, 1.807) is 0 Å². The molecule has 0 bridgehead atoms. The molecule has 0 aliphatic heterocycles. The maximum atomic E-state index is 5.57. The van der Waals surface area contributed by atoms with Crippen LogP contribution in [0.2, 0.25) is 0 Å². The van der Waals surface area contributed by atoms with E-state index in [1.165, 1.54) is 0 Å². The average Bonchev–Trinajstić information content (AvgIpc) is 1.80. The van der Waals surface area contributed by atoms with Crippen molar-refractivity contribution in [1.82, 2.24) is 0 Å². The Bertz CT molecular complexity index is 105. The molecule has 0 aromatic rings. The van der Waals surface area contributed by atoms with Gasteiger partial charge in [0.1, 0.15) is 0 Å². The van der Waals surface area contributed by atoms with Gasteiger partial charge in [-0.25, -0.2) is 0 Å². The van der Waals surface area contributed by atoms with Crippen LogP contribution in [-0.2, 0) is 45.8 Å². The molecule has 14 heavy (non-hydrogen) atoms. The van der Waals surface area contributed by atoms with Crippen molar-refractivity contribution in [1.29, 1.82) is 0 Å². The van der Waals surface area contributed by atoms with Crippen molar-refractivity contribution in [2.24, 2.45) is 0 Å². The van der Waals surface area contributed by atoms with Crippen LogP contribution in [0.1, 0.15) is 41.5 Å². The van der Waals surface area contributed by atoms with Crippen LogP contribution in [0.4, 0.5) is 0 Å². The van der Waals surface area contributed by atoms with Crippen LogP contribution in [-0.4, -0.2) is 18.3 Å². The van der Waals surface area contributed by atoms with Crippen molar-refractivity contribution >= 4 is 0 Å². The molecule has 0 aliphatic carbocycles. The first-order chi connectivity index (χ1) is 5.91. The summed E-state index contributed by atoms with van der Waals surface area (Å²) < 4.78 is 16.7. The average molecular weight is 279 g/mol. The zero-order valence-corrected chi connectivity index (χ0v) is 12.6. The summed E-state index contributed by atoms with van der Waals surface area (Å²) in [5.74, 6) is 0. The van der Waals surface area contributed by atoms with E-state index in [9.17, 15) is 0 Å². The maximum Gasteiger partial charge on any atom is 5.00 e. The first kappa shape index (κ1) is 17.4.